The maximum atomic E-state index is 13.7. The Balaban J connectivity index is 1.93. The van der Waals surface area contributed by atoms with Gasteiger partial charge in [0, 0.05) is 18.9 Å². The fourth-order valence-corrected chi connectivity index (χ4v) is 3.59. The van der Waals surface area contributed by atoms with Crippen LogP contribution in [-0.2, 0) is 4.79 Å². The predicted molar refractivity (Wildman–Crippen MR) is 78.2 cm³/mol. The summed E-state index contributed by atoms with van der Waals surface area (Å²) >= 11 is 1.36. The van der Waals surface area contributed by atoms with Crippen LogP contribution in [0.5, 0.6) is 0 Å². The standard InChI is InChI=1S/C14H22F2N2OS/c1-9(2)13(3)11(19)18-12(20-13)17-8-10-6-4-5-7-14(10,15)16/h9-10H,4-8H2,1-3H3,(H,17,18,19). The monoisotopic (exact) mass is 304 g/mol. The van der Waals surface area contributed by atoms with Crippen molar-refractivity contribution >= 4 is 22.8 Å². The summed E-state index contributed by atoms with van der Waals surface area (Å²) in [6.45, 7) is 6.00. The Morgan fingerprint density at radius 3 is 2.70 bits per heavy atom. The van der Waals surface area contributed by atoms with E-state index in [4.69, 9.17) is 0 Å². The average molecular weight is 304 g/mol. The highest BCUT2D eigenvalue weighted by atomic mass is 32.2. The minimum absolute atomic E-state index is 0.0262. The molecule has 2 rings (SSSR count). The molecule has 0 aromatic heterocycles. The maximum Gasteiger partial charge on any atom is 0.264 e. The van der Waals surface area contributed by atoms with Gasteiger partial charge in [0.25, 0.3) is 11.8 Å². The first-order valence-electron chi connectivity index (χ1n) is 7.19. The SMILES string of the molecule is CC(C)C1(C)SC(NCC2CCCCC2(F)F)=NC1=O. The number of amidine groups is 1. The first-order chi connectivity index (χ1) is 9.25. The molecule has 2 aliphatic rings. The summed E-state index contributed by atoms with van der Waals surface area (Å²) in [7, 11) is 0. The second-order valence-corrected chi connectivity index (χ2v) is 7.61. The van der Waals surface area contributed by atoms with Crippen molar-refractivity contribution in [2.45, 2.75) is 57.1 Å². The summed E-state index contributed by atoms with van der Waals surface area (Å²) in [6, 6.07) is 0. The van der Waals surface area contributed by atoms with Gasteiger partial charge in [-0.1, -0.05) is 32.0 Å². The summed E-state index contributed by atoms with van der Waals surface area (Å²) in [6.07, 6.45) is 1.96. The fourth-order valence-electron chi connectivity index (χ4n) is 2.54. The Bertz CT molecular complexity index is 425. The summed E-state index contributed by atoms with van der Waals surface area (Å²) in [5.74, 6) is -3.27. The molecule has 0 aromatic rings. The summed E-state index contributed by atoms with van der Waals surface area (Å²) in [4.78, 5) is 15.9. The van der Waals surface area contributed by atoms with E-state index in [9.17, 15) is 13.6 Å². The molecule has 3 nitrogen and oxygen atoms in total. The summed E-state index contributed by atoms with van der Waals surface area (Å²) < 4.78 is 26.9. The van der Waals surface area contributed by atoms with Crippen LogP contribution in [0.3, 0.4) is 0 Å². The van der Waals surface area contributed by atoms with Gasteiger partial charge in [-0.25, -0.2) is 8.78 Å². The first kappa shape index (κ1) is 15.7. The molecule has 1 N–H and O–H groups in total. The highest BCUT2D eigenvalue weighted by molar-refractivity contribution is 8.16. The van der Waals surface area contributed by atoms with Gasteiger partial charge >= 0.3 is 0 Å². The zero-order valence-corrected chi connectivity index (χ0v) is 13.0. The van der Waals surface area contributed by atoms with Gasteiger partial charge in [0.15, 0.2) is 5.17 Å². The van der Waals surface area contributed by atoms with Crippen LogP contribution in [0.2, 0.25) is 0 Å². The van der Waals surface area contributed by atoms with Crippen LogP contribution >= 0.6 is 11.8 Å². The first-order valence-corrected chi connectivity index (χ1v) is 8.01. The molecule has 1 amide bonds. The number of nitrogens with one attached hydrogen (secondary N) is 1. The normalized spacial score (nSPS) is 33.4. The molecule has 0 spiro atoms. The molecule has 6 heteroatoms. The molecule has 0 bridgehead atoms. The molecule has 1 aliphatic carbocycles. The van der Waals surface area contributed by atoms with Crippen molar-refractivity contribution in [3.63, 3.8) is 0 Å². The molecule has 1 aliphatic heterocycles. The Hall–Kier alpha value is -0.650. The highest BCUT2D eigenvalue weighted by Crippen LogP contribution is 2.40. The number of amides is 1. The minimum Gasteiger partial charge on any atom is -0.364 e. The maximum absolute atomic E-state index is 13.7. The fraction of sp³-hybridized carbons (Fsp3) is 0.857. The zero-order chi connectivity index (χ0) is 15.0. The molecule has 114 valence electrons. The lowest BCUT2D eigenvalue weighted by Crippen LogP contribution is -2.40. The molecule has 0 saturated heterocycles. The van der Waals surface area contributed by atoms with Gasteiger partial charge in [-0.15, -0.1) is 0 Å². The number of alkyl halides is 2. The number of nitrogens with zero attached hydrogens (tertiary/aromatic N) is 1. The predicted octanol–water partition coefficient (Wildman–Crippen LogP) is 3.45. The largest absolute Gasteiger partial charge is 0.364 e. The van der Waals surface area contributed by atoms with Crippen molar-refractivity contribution in [2.24, 2.45) is 16.8 Å². The van der Waals surface area contributed by atoms with Gasteiger partial charge in [0.1, 0.15) is 4.75 Å². The molecule has 0 aromatic carbocycles. The Labute approximate surface area is 123 Å². The van der Waals surface area contributed by atoms with E-state index in [1.54, 1.807) is 0 Å². The summed E-state index contributed by atoms with van der Waals surface area (Å²) in [5.41, 5.74) is 0. The molecule has 1 fully saturated rings. The third-order valence-electron chi connectivity index (χ3n) is 4.45. The molecule has 20 heavy (non-hydrogen) atoms. The molecular formula is C14H22F2N2OS. The van der Waals surface area contributed by atoms with E-state index in [0.29, 0.717) is 18.0 Å². The van der Waals surface area contributed by atoms with E-state index in [-0.39, 0.29) is 24.8 Å². The number of carbonyl (C=O) groups excluding carboxylic acids is 1. The van der Waals surface area contributed by atoms with Crippen molar-refractivity contribution in [3.05, 3.63) is 0 Å². The third-order valence-corrected chi connectivity index (χ3v) is 5.95. The van der Waals surface area contributed by atoms with Gasteiger partial charge in [-0.05, 0) is 25.7 Å². The quantitative estimate of drug-likeness (QED) is 0.868. The van der Waals surface area contributed by atoms with Gasteiger partial charge < -0.3 is 5.32 Å². The second kappa shape index (κ2) is 5.62. The van der Waals surface area contributed by atoms with Gasteiger partial charge in [-0.2, -0.15) is 4.99 Å². The van der Waals surface area contributed by atoms with Crippen molar-refractivity contribution in [1.82, 2.24) is 5.32 Å². The van der Waals surface area contributed by atoms with E-state index in [1.807, 2.05) is 20.8 Å². The van der Waals surface area contributed by atoms with Crippen LogP contribution in [0.1, 0.15) is 46.5 Å². The van der Waals surface area contributed by atoms with Crippen LogP contribution < -0.4 is 5.32 Å². The second-order valence-electron chi connectivity index (χ2n) is 6.17. The molecule has 2 unspecified atom stereocenters. The van der Waals surface area contributed by atoms with E-state index >= 15 is 0 Å². The average Bonchev–Trinajstić information content (AvgIpc) is 2.64. The Morgan fingerprint density at radius 2 is 2.15 bits per heavy atom. The number of carbonyl (C=O) groups is 1. The highest BCUT2D eigenvalue weighted by Gasteiger charge is 2.45. The van der Waals surface area contributed by atoms with Crippen LogP contribution in [0, 0.1) is 11.8 Å². The molecule has 1 saturated carbocycles. The third kappa shape index (κ3) is 3.00. The number of rotatable bonds is 3. The number of thioether (sulfide) groups is 1. The summed E-state index contributed by atoms with van der Waals surface area (Å²) in [5, 5.41) is 3.45. The van der Waals surface area contributed by atoms with Crippen LogP contribution in [0.4, 0.5) is 8.78 Å². The lowest BCUT2D eigenvalue weighted by atomic mass is 9.85. The van der Waals surface area contributed by atoms with E-state index < -0.39 is 16.6 Å². The number of hydrogen-bond acceptors (Lipinski definition) is 3. The van der Waals surface area contributed by atoms with Crippen LogP contribution in [0.15, 0.2) is 4.99 Å². The lowest BCUT2D eigenvalue weighted by Gasteiger charge is -2.31. The van der Waals surface area contributed by atoms with E-state index in [2.05, 4.69) is 10.3 Å². The van der Waals surface area contributed by atoms with Crippen molar-refractivity contribution in [2.75, 3.05) is 6.54 Å². The van der Waals surface area contributed by atoms with Gasteiger partial charge in [-0.3, -0.25) is 4.79 Å². The molecular weight excluding hydrogens is 282 g/mol. The van der Waals surface area contributed by atoms with Gasteiger partial charge in [0.05, 0.1) is 0 Å². The Kier molecular flexibility index (Phi) is 4.42. The minimum atomic E-state index is -2.60. The van der Waals surface area contributed by atoms with Crippen molar-refractivity contribution in [3.8, 4) is 0 Å². The van der Waals surface area contributed by atoms with E-state index in [0.717, 1.165) is 6.42 Å². The number of hydrogen-bond donors (Lipinski definition) is 1. The van der Waals surface area contributed by atoms with E-state index in [1.165, 1.54) is 11.8 Å². The number of aliphatic imine (C=N–C) groups is 1. The molecule has 2 atom stereocenters. The Morgan fingerprint density at radius 1 is 1.45 bits per heavy atom. The zero-order valence-electron chi connectivity index (χ0n) is 12.2. The topological polar surface area (TPSA) is 41.5 Å². The molecule has 1 heterocycles. The van der Waals surface area contributed by atoms with Crippen LogP contribution in [-0.4, -0.2) is 28.3 Å². The number of halogens is 2. The van der Waals surface area contributed by atoms with Crippen LogP contribution in [0.25, 0.3) is 0 Å². The van der Waals surface area contributed by atoms with Crippen molar-refractivity contribution in [1.29, 1.82) is 0 Å². The lowest BCUT2D eigenvalue weighted by molar-refractivity contribution is -0.120. The van der Waals surface area contributed by atoms with Gasteiger partial charge in [0.2, 0.25) is 0 Å². The molecule has 0 radical (unpaired) electrons. The van der Waals surface area contributed by atoms with Crippen molar-refractivity contribution < 1.29 is 13.6 Å². The smallest absolute Gasteiger partial charge is 0.264 e.